The van der Waals surface area contributed by atoms with E-state index in [9.17, 15) is 4.79 Å². The van der Waals surface area contributed by atoms with Crippen molar-refractivity contribution in [1.29, 1.82) is 0 Å². The predicted molar refractivity (Wildman–Crippen MR) is 87.0 cm³/mol. The summed E-state index contributed by atoms with van der Waals surface area (Å²) in [7, 11) is 5.53. The van der Waals surface area contributed by atoms with Crippen molar-refractivity contribution in [3.05, 3.63) is 41.7 Å². The van der Waals surface area contributed by atoms with Gasteiger partial charge in [-0.25, -0.2) is 0 Å². The van der Waals surface area contributed by atoms with Crippen LogP contribution in [0.15, 0.2) is 30.3 Å². The van der Waals surface area contributed by atoms with Crippen molar-refractivity contribution in [2.24, 2.45) is 7.05 Å². The van der Waals surface area contributed by atoms with E-state index in [0.29, 0.717) is 11.8 Å². The summed E-state index contributed by atoms with van der Waals surface area (Å²) in [4.78, 5) is 14.1. The molecule has 0 aliphatic heterocycles. The molecule has 1 aromatic heterocycles. The lowest BCUT2D eigenvalue weighted by atomic mass is 10.1. The van der Waals surface area contributed by atoms with Crippen LogP contribution in [0.4, 0.5) is 5.95 Å². The first-order chi connectivity index (χ1) is 10.5. The number of hydrogen-bond donors (Lipinski definition) is 1. The predicted octanol–water partition coefficient (Wildman–Crippen LogP) is 1.63. The number of anilines is 1. The quantitative estimate of drug-likeness (QED) is 0.881. The number of nitrogens with zero attached hydrogens (tertiary/aromatic N) is 4. The fraction of sp³-hybridized carbons (Fsp3) is 0.438. The molecule has 0 spiro atoms. The molecule has 0 radical (unpaired) electrons. The number of aromatic nitrogens is 3. The Balaban J connectivity index is 1.91. The molecule has 1 unspecified atom stereocenters. The highest BCUT2D eigenvalue weighted by atomic mass is 16.2. The zero-order valence-corrected chi connectivity index (χ0v) is 13.6. The number of amides is 1. The summed E-state index contributed by atoms with van der Waals surface area (Å²) in [5, 5.41) is 11.0. The van der Waals surface area contributed by atoms with Gasteiger partial charge in [0.2, 0.25) is 11.8 Å². The second-order valence-corrected chi connectivity index (χ2v) is 5.68. The normalized spacial score (nSPS) is 12.0. The number of carbonyl (C=O) groups excluding carboxylic acids is 1. The summed E-state index contributed by atoms with van der Waals surface area (Å²) in [5.74, 6) is 0.793. The Morgan fingerprint density at radius 1 is 1.27 bits per heavy atom. The monoisotopic (exact) mass is 301 g/mol. The van der Waals surface area contributed by atoms with Crippen molar-refractivity contribution in [2.45, 2.75) is 25.8 Å². The molecular formula is C16H23N5O. The molecule has 0 aliphatic rings. The molecule has 118 valence electrons. The molecular weight excluding hydrogens is 278 g/mol. The van der Waals surface area contributed by atoms with E-state index in [4.69, 9.17) is 0 Å². The largest absolute Gasteiger partial charge is 0.347 e. The van der Waals surface area contributed by atoms with Crippen molar-refractivity contribution in [3.8, 4) is 0 Å². The SMILES string of the molecule is CC(CCc1ccccc1)NC(=O)c1nnc(N(C)C)n1C. The van der Waals surface area contributed by atoms with Gasteiger partial charge in [0.05, 0.1) is 0 Å². The van der Waals surface area contributed by atoms with Crippen LogP contribution >= 0.6 is 0 Å². The van der Waals surface area contributed by atoms with E-state index in [1.54, 1.807) is 11.6 Å². The Bertz CT molecular complexity index is 621. The van der Waals surface area contributed by atoms with Gasteiger partial charge in [0.1, 0.15) is 0 Å². The second-order valence-electron chi connectivity index (χ2n) is 5.68. The van der Waals surface area contributed by atoms with Crippen molar-refractivity contribution in [1.82, 2.24) is 20.1 Å². The zero-order valence-electron chi connectivity index (χ0n) is 13.6. The molecule has 2 aromatic rings. The highest BCUT2D eigenvalue weighted by Crippen LogP contribution is 2.09. The van der Waals surface area contributed by atoms with E-state index in [-0.39, 0.29) is 11.9 Å². The third-order valence-corrected chi connectivity index (χ3v) is 3.54. The first-order valence-electron chi connectivity index (χ1n) is 7.40. The topological polar surface area (TPSA) is 63.1 Å². The molecule has 22 heavy (non-hydrogen) atoms. The third kappa shape index (κ3) is 3.84. The minimum atomic E-state index is -0.191. The summed E-state index contributed by atoms with van der Waals surface area (Å²) < 4.78 is 1.69. The molecule has 0 aliphatic carbocycles. The lowest BCUT2D eigenvalue weighted by Crippen LogP contribution is -2.34. The van der Waals surface area contributed by atoms with Gasteiger partial charge in [0.15, 0.2) is 0 Å². The zero-order chi connectivity index (χ0) is 16.1. The Morgan fingerprint density at radius 3 is 2.55 bits per heavy atom. The fourth-order valence-electron chi connectivity index (χ4n) is 2.30. The Kier molecular flexibility index (Phi) is 5.14. The maximum Gasteiger partial charge on any atom is 0.289 e. The van der Waals surface area contributed by atoms with Gasteiger partial charge >= 0.3 is 0 Å². The van der Waals surface area contributed by atoms with Crippen LogP contribution in [-0.4, -0.2) is 40.8 Å². The van der Waals surface area contributed by atoms with Gasteiger partial charge < -0.3 is 10.2 Å². The van der Waals surface area contributed by atoms with Crippen molar-refractivity contribution < 1.29 is 4.79 Å². The first kappa shape index (κ1) is 16.0. The highest BCUT2D eigenvalue weighted by Gasteiger charge is 2.18. The molecule has 0 saturated heterocycles. The summed E-state index contributed by atoms with van der Waals surface area (Å²) in [6, 6.07) is 10.3. The number of hydrogen-bond acceptors (Lipinski definition) is 4. The Hall–Kier alpha value is -2.37. The van der Waals surface area contributed by atoms with Crippen LogP contribution in [-0.2, 0) is 13.5 Å². The molecule has 1 amide bonds. The van der Waals surface area contributed by atoms with Gasteiger partial charge in [-0.05, 0) is 25.3 Å². The number of nitrogens with one attached hydrogen (secondary N) is 1. The molecule has 0 fully saturated rings. The Labute approximate surface area is 131 Å². The minimum absolute atomic E-state index is 0.0761. The van der Waals surface area contributed by atoms with Crippen LogP contribution in [0.1, 0.15) is 29.5 Å². The number of carbonyl (C=O) groups is 1. The Morgan fingerprint density at radius 2 is 1.95 bits per heavy atom. The van der Waals surface area contributed by atoms with Gasteiger partial charge in [0.25, 0.3) is 5.91 Å². The summed E-state index contributed by atoms with van der Waals surface area (Å²) in [6.45, 7) is 2.00. The van der Waals surface area contributed by atoms with Gasteiger partial charge in [-0.3, -0.25) is 9.36 Å². The van der Waals surface area contributed by atoms with Crippen LogP contribution in [0.3, 0.4) is 0 Å². The summed E-state index contributed by atoms with van der Waals surface area (Å²) >= 11 is 0. The lowest BCUT2D eigenvalue weighted by Gasteiger charge is -2.14. The van der Waals surface area contributed by atoms with Crippen molar-refractivity contribution in [2.75, 3.05) is 19.0 Å². The third-order valence-electron chi connectivity index (χ3n) is 3.54. The first-order valence-corrected chi connectivity index (χ1v) is 7.40. The number of rotatable bonds is 6. The average molecular weight is 301 g/mol. The number of benzene rings is 1. The molecule has 0 saturated carbocycles. The smallest absolute Gasteiger partial charge is 0.289 e. The minimum Gasteiger partial charge on any atom is -0.347 e. The van der Waals surface area contributed by atoms with E-state index in [1.165, 1.54) is 5.56 Å². The molecule has 2 rings (SSSR count). The molecule has 1 heterocycles. The van der Waals surface area contributed by atoms with Gasteiger partial charge in [-0.1, -0.05) is 30.3 Å². The molecule has 6 nitrogen and oxygen atoms in total. The lowest BCUT2D eigenvalue weighted by molar-refractivity contribution is 0.0924. The van der Waals surface area contributed by atoms with E-state index < -0.39 is 0 Å². The van der Waals surface area contributed by atoms with Crippen molar-refractivity contribution >= 4 is 11.9 Å². The number of aryl methyl sites for hydroxylation is 1. The summed E-state index contributed by atoms with van der Waals surface area (Å²) in [5.41, 5.74) is 1.28. The average Bonchev–Trinajstić information content (AvgIpc) is 2.88. The molecule has 0 bridgehead atoms. The van der Waals surface area contributed by atoms with E-state index in [0.717, 1.165) is 12.8 Å². The molecule has 6 heteroatoms. The van der Waals surface area contributed by atoms with Crippen LogP contribution in [0, 0.1) is 0 Å². The molecule has 1 aromatic carbocycles. The van der Waals surface area contributed by atoms with Crippen LogP contribution in [0.25, 0.3) is 0 Å². The molecule has 1 atom stereocenters. The second kappa shape index (κ2) is 7.06. The van der Waals surface area contributed by atoms with Crippen LogP contribution in [0.2, 0.25) is 0 Å². The van der Waals surface area contributed by atoms with Crippen molar-refractivity contribution in [3.63, 3.8) is 0 Å². The van der Waals surface area contributed by atoms with Gasteiger partial charge in [0, 0.05) is 27.2 Å². The van der Waals surface area contributed by atoms with E-state index in [2.05, 4.69) is 27.6 Å². The van der Waals surface area contributed by atoms with Crippen LogP contribution < -0.4 is 10.2 Å². The maximum atomic E-state index is 12.3. The van der Waals surface area contributed by atoms with Gasteiger partial charge in [-0.2, -0.15) is 0 Å². The highest BCUT2D eigenvalue weighted by molar-refractivity contribution is 5.91. The fourth-order valence-corrected chi connectivity index (χ4v) is 2.30. The summed E-state index contributed by atoms with van der Waals surface area (Å²) in [6.07, 6.45) is 1.82. The maximum absolute atomic E-state index is 12.3. The van der Waals surface area contributed by atoms with E-state index in [1.807, 2.05) is 44.1 Å². The molecule has 1 N–H and O–H groups in total. The van der Waals surface area contributed by atoms with Crippen LogP contribution in [0.5, 0.6) is 0 Å². The van der Waals surface area contributed by atoms with E-state index >= 15 is 0 Å². The van der Waals surface area contributed by atoms with Gasteiger partial charge in [-0.15, -0.1) is 10.2 Å². The standard InChI is InChI=1S/C16H23N5O/c1-12(10-11-13-8-6-5-7-9-13)17-15(22)14-18-19-16(20(2)3)21(14)4/h5-9,12H,10-11H2,1-4H3,(H,17,22).